The molecule has 5 nitrogen and oxygen atoms in total. The van der Waals surface area contributed by atoms with E-state index in [2.05, 4.69) is 10.2 Å². The van der Waals surface area contributed by atoms with Crippen molar-refractivity contribution < 1.29 is 22.0 Å². The van der Waals surface area contributed by atoms with Gasteiger partial charge in [-0.15, -0.1) is 0 Å². The molecular formula is C20H22F2N2O3S. The van der Waals surface area contributed by atoms with Crippen LogP contribution < -0.4 is 5.32 Å². The number of benzene rings is 2. The Morgan fingerprint density at radius 2 is 1.82 bits per heavy atom. The lowest BCUT2D eigenvalue weighted by Gasteiger charge is -2.32. The molecule has 1 N–H and O–H groups in total. The Kier molecular flexibility index (Phi) is 6.10. The number of rotatable bonds is 5. The largest absolute Gasteiger partial charge is 0.349 e. The van der Waals surface area contributed by atoms with Gasteiger partial charge in [0.2, 0.25) is 0 Å². The highest BCUT2D eigenvalue weighted by molar-refractivity contribution is 7.90. The number of carbonyl (C=O) groups is 1. The molecule has 2 aromatic carbocycles. The van der Waals surface area contributed by atoms with Crippen molar-refractivity contribution >= 4 is 15.7 Å². The van der Waals surface area contributed by atoms with Crippen LogP contribution in [0.2, 0.25) is 0 Å². The molecule has 150 valence electrons. The zero-order valence-electron chi connectivity index (χ0n) is 15.5. The van der Waals surface area contributed by atoms with Gasteiger partial charge in [0.25, 0.3) is 5.91 Å². The first kappa shape index (κ1) is 20.4. The number of hydrogen-bond donors (Lipinski definition) is 1. The summed E-state index contributed by atoms with van der Waals surface area (Å²) in [6.45, 7) is 1.95. The molecule has 0 atom stereocenters. The van der Waals surface area contributed by atoms with Crippen molar-refractivity contribution in [1.29, 1.82) is 0 Å². The van der Waals surface area contributed by atoms with E-state index >= 15 is 0 Å². The molecule has 3 rings (SSSR count). The number of amides is 1. The number of nitrogens with zero attached hydrogens (tertiary/aromatic N) is 1. The summed E-state index contributed by atoms with van der Waals surface area (Å²) in [5.41, 5.74) is 1.02. The Balaban J connectivity index is 1.54. The Labute approximate surface area is 163 Å². The molecule has 0 unspecified atom stereocenters. The summed E-state index contributed by atoms with van der Waals surface area (Å²) in [4.78, 5) is 14.7. The van der Waals surface area contributed by atoms with Crippen molar-refractivity contribution in [2.24, 2.45) is 0 Å². The summed E-state index contributed by atoms with van der Waals surface area (Å²) in [7, 11) is -3.37. The molecule has 1 aliphatic rings. The van der Waals surface area contributed by atoms with E-state index in [9.17, 15) is 22.0 Å². The van der Waals surface area contributed by atoms with E-state index in [0.29, 0.717) is 30.8 Å². The van der Waals surface area contributed by atoms with Crippen molar-refractivity contribution in [3.05, 3.63) is 65.2 Å². The van der Waals surface area contributed by atoms with E-state index in [1.807, 2.05) is 0 Å². The molecule has 1 aliphatic heterocycles. The minimum absolute atomic E-state index is 0.0180. The molecule has 0 aliphatic carbocycles. The summed E-state index contributed by atoms with van der Waals surface area (Å²) in [5, 5.41) is 2.94. The normalized spacial score (nSPS) is 16.1. The van der Waals surface area contributed by atoms with E-state index in [1.165, 1.54) is 18.2 Å². The maximum Gasteiger partial charge on any atom is 0.251 e. The van der Waals surface area contributed by atoms with Crippen LogP contribution in [0.25, 0.3) is 0 Å². The SMILES string of the molecule is CS(=O)(=O)c1cccc(C(=O)NC2CCN(Cc3ccc(F)c(F)c3)CC2)c1. The molecule has 1 saturated heterocycles. The fraction of sp³-hybridized carbons (Fsp3) is 0.350. The second kappa shape index (κ2) is 8.36. The third-order valence-electron chi connectivity index (χ3n) is 4.84. The first-order valence-corrected chi connectivity index (χ1v) is 10.9. The van der Waals surface area contributed by atoms with Crippen LogP contribution in [0, 0.1) is 11.6 Å². The number of halogens is 2. The Morgan fingerprint density at radius 3 is 2.46 bits per heavy atom. The van der Waals surface area contributed by atoms with E-state index in [-0.39, 0.29) is 16.8 Å². The van der Waals surface area contributed by atoms with E-state index < -0.39 is 21.5 Å². The summed E-state index contributed by atoms with van der Waals surface area (Å²) in [6.07, 6.45) is 2.55. The summed E-state index contributed by atoms with van der Waals surface area (Å²) in [6, 6.07) is 9.86. The smallest absolute Gasteiger partial charge is 0.251 e. The van der Waals surface area contributed by atoms with Gasteiger partial charge < -0.3 is 5.32 Å². The van der Waals surface area contributed by atoms with Gasteiger partial charge in [-0.2, -0.15) is 0 Å². The number of hydrogen-bond acceptors (Lipinski definition) is 4. The predicted octanol–water partition coefficient (Wildman–Crippen LogP) is 2.76. The van der Waals surface area contributed by atoms with Gasteiger partial charge in [0.05, 0.1) is 4.90 Å². The Hall–Kier alpha value is -2.32. The molecule has 1 amide bonds. The van der Waals surface area contributed by atoms with Crippen molar-refractivity contribution in [2.45, 2.75) is 30.3 Å². The van der Waals surface area contributed by atoms with Crippen LogP contribution in [0.4, 0.5) is 8.78 Å². The zero-order chi connectivity index (χ0) is 20.3. The monoisotopic (exact) mass is 408 g/mol. The van der Waals surface area contributed by atoms with E-state index in [0.717, 1.165) is 25.2 Å². The number of carbonyl (C=O) groups excluding carboxylic acids is 1. The number of piperidine rings is 1. The van der Waals surface area contributed by atoms with Crippen LogP contribution in [-0.2, 0) is 16.4 Å². The van der Waals surface area contributed by atoms with Gasteiger partial charge >= 0.3 is 0 Å². The van der Waals surface area contributed by atoms with Gasteiger partial charge in [-0.1, -0.05) is 12.1 Å². The molecule has 0 radical (unpaired) electrons. The third-order valence-corrected chi connectivity index (χ3v) is 5.95. The topological polar surface area (TPSA) is 66.5 Å². The summed E-state index contributed by atoms with van der Waals surface area (Å²) in [5.74, 6) is -2.01. The second-order valence-corrected chi connectivity index (χ2v) is 9.09. The van der Waals surface area contributed by atoms with Crippen LogP contribution in [0.1, 0.15) is 28.8 Å². The highest BCUT2D eigenvalue weighted by Gasteiger charge is 2.22. The highest BCUT2D eigenvalue weighted by atomic mass is 32.2. The molecule has 1 fully saturated rings. The highest BCUT2D eigenvalue weighted by Crippen LogP contribution is 2.17. The average molecular weight is 408 g/mol. The van der Waals surface area contributed by atoms with Crippen molar-refractivity contribution in [2.75, 3.05) is 19.3 Å². The van der Waals surface area contributed by atoms with Crippen LogP contribution in [0.3, 0.4) is 0 Å². The van der Waals surface area contributed by atoms with E-state index in [1.54, 1.807) is 18.2 Å². The number of likely N-dealkylation sites (tertiary alicyclic amines) is 1. The van der Waals surface area contributed by atoms with Crippen LogP contribution in [0.15, 0.2) is 47.4 Å². The molecule has 8 heteroatoms. The van der Waals surface area contributed by atoms with Gasteiger partial charge in [-0.3, -0.25) is 9.69 Å². The Bertz CT molecular complexity index is 971. The molecule has 0 saturated carbocycles. The Morgan fingerprint density at radius 1 is 1.11 bits per heavy atom. The minimum Gasteiger partial charge on any atom is -0.349 e. The number of nitrogens with one attached hydrogen (secondary N) is 1. The maximum absolute atomic E-state index is 13.3. The van der Waals surface area contributed by atoms with Crippen LogP contribution in [-0.4, -0.2) is 44.6 Å². The third kappa shape index (κ3) is 5.14. The van der Waals surface area contributed by atoms with Crippen LogP contribution >= 0.6 is 0 Å². The second-order valence-electron chi connectivity index (χ2n) is 7.07. The van der Waals surface area contributed by atoms with Crippen molar-refractivity contribution in [3.8, 4) is 0 Å². The van der Waals surface area contributed by atoms with E-state index in [4.69, 9.17) is 0 Å². The first-order chi connectivity index (χ1) is 13.2. The lowest BCUT2D eigenvalue weighted by molar-refractivity contribution is 0.0908. The first-order valence-electron chi connectivity index (χ1n) is 8.99. The molecule has 2 aromatic rings. The molecule has 1 heterocycles. The lowest BCUT2D eigenvalue weighted by Crippen LogP contribution is -2.44. The molecule has 0 aromatic heterocycles. The molecule has 0 spiro atoms. The fourth-order valence-electron chi connectivity index (χ4n) is 3.27. The molecule has 0 bridgehead atoms. The lowest BCUT2D eigenvalue weighted by atomic mass is 10.0. The standard InChI is InChI=1S/C20H22F2N2O3S/c1-28(26,27)17-4-2-3-15(12-17)20(25)23-16-7-9-24(10-8-16)13-14-5-6-18(21)19(22)11-14/h2-6,11-12,16H,7-10,13H2,1H3,(H,23,25). The summed E-state index contributed by atoms with van der Waals surface area (Å²) < 4.78 is 49.6. The minimum atomic E-state index is -3.37. The average Bonchev–Trinajstić information content (AvgIpc) is 2.66. The fourth-order valence-corrected chi connectivity index (χ4v) is 3.94. The van der Waals surface area contributed by atoms with Crippen molar-refractivity contribution in [3.63, 3.8) is 0 Å². The zero-order valence-corrected chi connectivity index (χ0v) is 16.3. The van der Waals surface area contributed by atoms with Gasteiger partial charge in [0, 0.05) is 37.5 Å². The van der Waals surface area contributed by atoms with Gasteiger partial charge in [-0.25, -0.2) is 17.2 Å². The van der Waals surface area contributed by atoms with Crippen molar-refractivity contribution in [1.82, 2.24) is 10.2 Å². The molecular weight excluding hydrogens is 386 g/mol. The number of sulfone groups is 1. The summed E-state index contributed by atoms with van der Waals surface area (Å²) >= 11 is 0. The predicted molar refractivity (Wildman–Crippen MR) is 102 cm³/mol. The van der Waals surface area contributed by atoms with Crippen LogP contribution in [0.5, 0.6) is 0 Å². The van der Waals surface area contributed by atoms with Gasteiger partial charge in [0.1, 0.15) is 0 Å². The quantitative estimate of drug-likeness (QED) is 0.826. The van der Waals surface area contributed by atoms with Gasteiger partial charge in [0.15, 0.2) is 21.5 Å². The maximum atomic E-state index is 13.3. The molecule has 28 heavy (non-hydrogen) atoms. The van der Waals surface area contributed by atoms with Gasteiger partial charge in [-0.05, 0) is 48.7 Å².